The molecule has 3 rings (SSSR count). The van der Waals surface area contributed by atoms with Gasteiger partial charge < -0.3 is 4.90 Å². The van der Waals surface area contributed by atoms with Gasteiger partial charge in [0, 0.05) is 49.6 Å². The number of halogens is 1. The van der Waals surface area contributed by atoms with Gasteiger partial charge in [-0.25, -0.2) is 0 Å². The number of likely N-dealkylation sites (N-methyl/N-ethyl adjacent to an activating group) is 1. The first kappa shape index (κ1) is 13.1. The highest BCUT2D eigenvalue weighted by Gasteiger charge is 2.17. The molecule has 0 atom stereocenters. The van der Waals surface area contributed by atoms with Crippen molar-refractivity contribution < 1.29 is 0 Å². The monoisotopic (exact) mass is 322 g/mol. The first-order chi connectivity index (χ1) is 9.13. The van der Waals surface area contributed by atoms with E-state index < -0.39 is 0 Å². The van der Waals surface area contributed by atoms with Gasteiger partial charge in [-0.3, -0.25) is 9.58 Å². The summed E-state index contributed by atoms with van der Waals surface area (Å²) in [4.78, 5) is 4.87. The van der Waals surface area contributed by atoms with Gasteiger partial charge in [-0.1, -0.05) is 15.9 Å². The van der Waals surface area contributed by atoms with Crippen molar-refractivity contribution in [2.24, 2.45) is 7.05 Å². The molecule has 0 aliphatic carbocycles. The van der Waals surface area contributed by atoms with Crippen LogP contribution in [0.3, 0.4) is 0 Å². The smallest absolute Gasteiger partial charge is 0.0843 e. The Hall–Kier alpha value is -0.910. The van der Waals surface area contributed by atoms with Crippen LogP contribution in [0.1, 0.15) is 5.69 Å². The summed E-state index contributed by atoms with van der Waals surface area (Å²) in [6.45, 7) is 5.51. The number of aryl methyl sites for hydroxylation is 1. The number of hydrogen-bond acceptors (Lipinski definition) is 3. The molecule has 2 heterocycles. The van der Waals surface area contributed by atoms with Crippen molar-refractivity contribution in [2.75, 3.05) is 33.2 Å². The molecule has 1 fully saturated rings. The highest BCUT2D eigenvalue weighted by Crippen LogP contribution is 2.23. The van der Waals surface area contributed by atoms with Crippen molar-refractivity contribution >= 4 is 26.8 Å². The molecule has 1 aliphatic heterocycles. The highest BCUT2D eigenvalue weighted by atomic mass is 79.9. The lowest BCUT2D eigenvalue weighted by Gasteiger charge is -2.31. The van der Waals surface area contributed by atoms with Crippen molar-refractivity contribution in [3.63, 3.8) is 0 Å². The second-order valence-corrected chi connectivity index (χ2v) is 6.23. The number of rotatable bonds is 2. The third kappa shape index (κ3) is 2.68. The van der Waals surface area contributed by atoms with Crippen molar-refractivity contribution in [2.45, 2.75) is 6.54 Å². The molecule has 5 heteroatoms. The van der Waals surface area contributed by atoms with Crippen LogP contribution in [0.5, 0.6) is 0 Å². The second-order valence-electron chi connectivity index (χ2n) is 5.31. The van der Waals surface area contributed by atoms with Gasteiger partial charge in [0.25, 0.3) is 0 Å². The van der Waals surface area contributed by atoms with Gasteiger partial charge in [-0.2, -0.15) is 5.10 Å². The number of piperazine rings is 1. The Morgan fingerprint density at radius 1 is 1.16 bits per heavy atom. The minimum absolute atomic E-state index is 0.951. The lowest BCUT2D eigenvalue weighted by atomic mass is 10.2. The topological polar surface area (TPSA) is 24.3 Å². The van der Waals surface area contributed by atoms with Crippen molar-refractivity contribution in [3.05, 3.63) is 28.4 Å². The number of fused-ring (bicyclic) bond motifs is 1. The van der Waals surface area contributed by atoms with Crippen LogP contribution in [0.2, 0.25) is 0 Å². The van der Waals surface area contributed by atoms with Crippen molar-refractivity contribution in [3.8, 4) is 0 Å². The molecule has 0 radical (unpaired) electrons. The number of aromatic nitrogens is 2. The SMILES string of the molecule is CN1CCN(Cc2nn(C)c3cc(Br)ccc23)CC1. The van der Waals surface area contributed by atoms with Gasteiger partial charge in [0.2, 0.25) is 0 Å². The highest BCUT2D eigenvalue weighted by molar-refractivity contribution is 9.10. The van der Waals surface area contributed by atoms with Crippen molar-refractivity contribution in [1.82, 2.24) is 19.6 Å². The van der Waals surface area contributed by atoms with Crippen LogP contribution >= 0.6 is 15.9 Å². The zero-order chi connectivity index (χ0) is 13.4. The maximum Gasteiger partial charge on any atom is 0.0843 e. The molecule has 0 saturated carbocycles. The maximum absolute atomic E-state index is 4.68. The van der Waals surface area contributed by atoms with Gasteiger partial charge in [0.1, 0.15) is 0 Å². The molecule has 1 aromatic carbocycles. The van der Waals surface area contributed by atoms with Crippen LogP contribution in [0.25, 0.3) is 10.9 Å². The molecule has 102 valence electrons. The minimum atomic E-state index is 0.951. The number of hydrogen-bond donors (Lipinski definition) is 0. The van der Waals surface area contributed by atoms with E-state index in [1.54, 1.807) is 0 Å². The molecule has 1 saturated heterocycles. The summed E-state index contributed by atoms with van der Waals surface area (Å²) in [7, 11) is 4.20. The van der Waals surface area contributed by atoms with E-state index in [1.165, 1.54) is 16.6 Å². The summed E-state index contributed by atoms with van der Waals surface area (Å²) in [6, 6.07) is 6.39. The fraction of sp³-hybridized carbons (Fsp3) is 0.500. The third-order valence-corrected chi connectivity index (χ3v) is 4.35. The average Bonchev–Trinajstić information content (AvgIpc) is 2.69. The first-order valence-corrected chi connectivity index (χ1v) is 7.45. The van der Waals surface area contributed by atoms with Crippen LogP contribution in [0.15, 0.2) is 22.7 Å². The number of benzene rings is 1. The molecular weight excluding hydrogens is 304 g/mol. The van der Waals surface area contributed by atoms with E-state index in [-0.39, 0.29) is 0 Å². The Morgan fingerprint density at radius 2 is 1.89 bits per heavy atom. The van der Waals surface area contributed by atoms with Gasteiger partial charge in [0.05, 0.1) is 11.2 Å². The Kier molecular flexibility index (Phi) is 3.60. The van der Waals surface area contributed by atoms with Crippen LogP contribution in [0.4, 0.5) is 0 Å². The fourth-order valence-electron chi connectivity index (χ4n) is 2.64. The Balaban J connectivity index is 1.85. The molecule has 2 aromatic rings. The largest absolute Gasteiger partial charge is 0.304 e. The van der Waals surface area contributed by atoms with E-state index in [1.807, 2.05) is 11.7 Å². The molecule has 4 nitrogen and oxygen atoms in total. The standard InChI is InChI=1S/C14H19BrN4/c1-17-5-7-19(8-6-17)10-13-12-4-3-11(15)9-14(12)18(2)16-13/h3-4,9H,5-8,10H2,1-2H3. The molecule has 0 unspecified atom stereocenters. The average molecular weight is 323 g/mol. The van der Waals surface area contributed by atoms with E-state index in [0.29, 0.717) is 0 Å². The molecule has 0 N–H and O–H groups in total. The number of nitrogens with zero attached hydrogens (tertiary/aromatic N) is 4. The van der Waals surface area contributed by atoms with Crippen LogP contribution in [-0.4, -0.2) is 52.8 Å². The van der Waals surface area contributed by atoms with Crippen LogP contribution in [0, 0.1) is 0 Å². The van der Waals surface area contributed by atoms with Crippen LogP contribution < -0.4 is 0 Å². The Bertz CT molecular complexity index is 584. The van der Waals surface area contributed by atoms with E-state index in [9.17, 15) is 0 Å². The maximum atomic E-state index is 4.68. The van der Waals surface area contributed by atoms with Gasteiger partial charge in [-0.15, -0.1) is 0 Å². The fourth-order valence-corrected chi connectivity index (χ4v) is 2.99. The summed E-state index contributed by atoms with van der Waals surface area (Å²) in [5, 5.41) is 5.95. The molecular formula is C14H19BrN4. The molecule has 1 aliphatic rings. The predicted octanol–water partition coefficient (Wildman–Crippen LogP) is 2.08. The van der Waals surface area contributed by atoms with E-state index in [2.05, 4.69) is 56.1 Å². The summed E-state index contributed by atoms with van der Waals surface area (Å²) >= 11 is 3.52. The lowest BCUT2D eigenvalue weighted by molar-refractivity contribution is 0.147. The Morgan fingerprint density at radius 3 is 2.63 bits per heavy atom. The third-order valence-electron chi connectivity index (χ3n) is 3.86. The quantitative estimate of drug-likeness (QED) is 0.846. The summed E-state index contributed by atoms with van der Waals surface area (Å²) in [5.41, 5.74) is 2.38. The van der Waals surface area contributed by atoms with Gasteiger partial charge in [-0.05, 0) is 25.2 Å². The zero-order valence-corrected chi connectivity index (χ0v) is 13.0. The minimum Gasteiger partial charge on any atom is -0.304 e. The van der Waals surface area contributed by atoms with Gasteiger partial charge >= 0.3 is 0 Å². The molecule has 19 heavy (non-hydrogen) atoms. The lowest BCUT2D eigenvalue weighted by Crippen LogP contribution is -2.43. The Labute approximate surface area is 122 Å². The summed E-state index contributed by atoms with van der Waals surface area (Å²) in [6.07, 6.45) is 0. The zero-order valence-electron chi connectivity index (χ0n) is 11.4. The van der Waals surface area contributed by atoms with E-state index >= 15 is 0 Å². The van der Waals surface area contributed by atoms with Crippen LogP contribution in [-0.2, 0) is 13.6 Å². The normalized spacial score (nSPS) is 18.3. The summed E-state index contributed by atoms with van der Waals surface area (Å²) < 4.78 is 3.08. The molecule has 0 bridgehead atoms. The van der Waals surface area contributed by atoms with E-state index in [4.69, 9.17) is 0 Å². The van der Waals surface area contributed by atoms with E-state index in [0.717, 1.165) is 37.2 Å². The summed E-state index contributed by atoms with van der Waals surface area (Å²) in [5.74, 6) is 0. The first-order valence-electron chi connectivity index (χ1n) is 6.65. The molecule has 1 aromatic heterocycles. The molecule has 0 amide bonds. The van der Waals surface area contributed by atoms with Crippen molar-refractivity contribution in [1.29, 1.82) is 0 Å². The molecule has 0 spiro atoms. The van der Waals surface area contributed by atoms with Gasteiger partial charge in [0.15, 0.2) is 0 Å². The second kappa shape index (κ2) is 5.23. The predicted molar refractivity (Wildman–Crippen MR) is 81.2 cm³/mol.